The van der Waals surface area contributed by atoms with Crippen LogP contribution in [-0.4, -0.2) is 67.0 Å². The molecule has 1 atom stereocenters. The standard InChI is InChI=1S/C15H22N4O3/c1-2-22-15(20)19-6-4-18(5-7-19)14-9-13(16-11-17-14)12-3-8-21-10-12/h9,11-12H,2-8,10H2,1H3/t12-/m1/s1. The van der Waals surface area contributed by atoms with Crippen molar-refractivity contribution in [1.82, 2.24) is 14.9 Å². The highest BCUT2D eigenvalue weighted by Gasteiger charge is 2.24. The van der Waals surface area contributed by atoms with Gasteiger partial charge in [-0.15, -0.1) is 0 Å². The second kappa shape index (κ2) is 6.91. The lowest BCUT2D eigenvalue weighted by Crippen LogP contribution is -2.49. The van der Waals surface area contributed by atoms with Gasteiger partial charge < -0.3 is 19.3 Å². The Labute approximate surface area is 130 Å². The lowest BCUT2D eigenvalue weighted by Gasteiger charge is -2.34. The van der Waals surface area contributed by atoms with E-state index in [1.165, 1.54) is 0 Å². The zero-order valence-corrected chi connectivity index (χ0v) is 12.9. The first kappa shape index (κ1) is 15.0. The van der Waals surface area contributed by atoms with Crippen LogP contribution in [0.15, 0.2) is 12.4 Å². The number of ether oxygens (including phenoxy) is 2. The molecule has 0 bridgehead atoms. The Hall–Kier alpha value is -1.89. The second-order valence-electron chi connectivity index (χ2n) is 5.53. The largest absolute Gasteiger partial charge is 0.450 e. The molecular weight excluding hydrogens is 284 g/mol. The van der Waals surface area contributed by atoms with Crippen molar-refractivity contribution in [1.29, 1.82) is 0 Å². The summed E-state index contributed by atoms with van der Waals surface area (Å²) in [6.07, 6.45) is 2.42. The summed E-state index contributed by atoms with van der Waals surface area (Å²) in [6, 6.07) is 2.05. The molecule has 1 amide bonds. The van der Waals surface area contributed by atoms with E-state index in [4.69, 9.17) is 9.47 Å². The molecule has 3 heterocycles. The maximum atomic E-state index is 11.7. The topological polar surface area (TPSA) is 67.8 Å². The smallest absolute Gasteiger partial charge is 0.409 e. The van der Waals surface area contributed by atoms with Gasteiger partial charge in [-0.1, -0.05) is 0 Å². The van der Waals surface area contributed by atoms with Crippen LogP contribution in [0.1, 0.15) is 25.0 Å². The molecular formula is C15H22N4O3. The summed E-state index contributed by atoms with van der Waals surface area (Å²) in [5.74, 6) is 1.31. The van der Waals surface area contributed by atoms with Crippen LogP contribution in [-0.2, 0) is 9.47 Å². The summed E-state index contributed by atoms with van der Waals surface area (Å²) < 4.78 is 10.5. The fourth-order valence-electron chi connectivity index (χ4n) is 2.86. The molecule has 0 aromatic carbocycles. The highest BCUT2D eigenvalue weighted by molar-refractivity contribution is 5.68. The number of amides is 1. The molecule has 2 aliphatic rings. The molecule has 0 N–H and O–H groups in total. The van der Waals surface area contributed by atoms with Crippen molar-refractivity contribution in [2.75, 3.05) is 50.9 Å². The normalized spacial score (nSPS) is 22.0. The summed E-state index contributed by atoms with van der Waals surface area (Å²) in [6.45, 7) is 6.62. The van der Waals surface area contributed by atoms with E-state index in [2.05, 4.69) is 20.9 Å². The van der Waals surface area contributed by atoms with Crippen molar-refractivity contribution in [2.45, 2.75) is 19.3 Å². The van der Waals surface area contributed by atoms with E-state index in [1.807, 2.05) is 6.92 Å². The van der Waals surface area contributed by atoms with Crippen molar-refractivity contribution in [3.05, 3.63) is 18.1 Å². The van der Waals surface area contributed by atoms with Crippen LogP contribution >= 0.6 is 0 Å². The lowest BCUT2D eigenvalue weighted by molar-refractivity contribution is 0.105. The Bertz CT molecular complexity index is 511. The van der Waals surface area contributed by atoms with E-state index in [9.17, 15) is 4.79 Å². The first-order valence-corrected chi connectivity index (χ1v) is 7.84. The van der Waals surface area contributed by atoms with Crippen LogP contribution < -0.4 is 4.90 Å². The molecule has 7 nitrogen and oxygen atoms in total. The molecule has 3 rings (SSSR count). The lowest BCUT2D eigenvalue weighted by atomic mass is 10.0. The fraction of sp³-hybridized carbons (Fsp3) is 0.667. The average Bonchev–Trinajstić information content (AvgIpc) is 3.10. The predicted molar refractivity (Wildman–Crippen MR) is 81.0 cm³/mol. The van der Waals surface area contributed by atoms with Crippen LogP contribution in [0.3, 0.4) is 0 Å². The quantitative estimate of drug-likeness (QED) is 0.837. The number of piperazine rings is 1. The second-order valence-corrected chi connectivity index (χ2v) is 5.53. The molecule has 2 saturated heterocycles. The number of hydrogen-bond donors (Lipinski definition) is 0. The van der Waals surface area contributed by atoms with Gasteiger partial charge in [0.1, 0.15) is 12.1 Å². The summed E-state index contributed by atoms with van der Waals surface area (Å²) in [7, 11) is 0. The Kier molecular flexibility index (Phi) is 4.72. The Balaban J connectivity index is 1.61. The molecule has 22 heavy (non-hydrogen) atoms. The van der Waals surface area contributed by atoms with E-state index in [0.29, 0.717) is 25.6 Å². The first-order chi connectivity index (χ1) is 10.8. The zero-order chi connectivity index (χ0) is 15.4. The maximum Gasteiger partial charge on any atom is 0.409 e. The van der Waals surface area contributed by atoms with Gasteiger partial charge in [0.2, 0.25) is 0 Å². The van der Waals surface area contributed by atoms with E-state index < -0.39 is 0 Å². The molecule has 1 aromatic rings. The summed E-state index contributed by atoms with van der Waals surface area (Å²) in [5, 5.41) is 0. The fourth-order valence-corrected chi connectivity index (χ4v) is 2.86. The highest BCUT2D eigenvalue weighted by atomic mass is 16.6. The molecule has 0 saturated carbocycles. The Morgan fingerprint density at radius 2 is 2.18 bits per heavy atom. The highest BCUT2D eigenvalue weighted by Crippen LogP contribution is 2.25. The van der Waals surface area contributed by atoms with Gasteiger partial charge >= 0.3 is 6.09 Å². The molecule has 7 heteroatoms. The summed E-state index contributed by atoms with van der Waals surface area (Å²) in [5.41, 5.74) is 1.05. The van der Waals surface area contributed by atoms with Gasteiger partial charge in [0, 0.05) is 44.8 Å². The van der Waals surface area contributed by atoms with Crippen molar-refractivity contribution >= 4 is 11.9 Å². The van der Waals surface area contributed by atoms with Gasteiger partial charge in [0.05, 0.1) is 18.9 Å². The monoisotopic (exact) mass is 306 g/mol. The number of carbonyl (C=O) groups excluding carboxylic acids is 1. The Morgan fingerprint density at radius 3 is 2.86 bits per heavy atom. The Morgan fingerprint density at radius 1 is 1.36 bits per heavy atom. The number of hydrogen-bond acceptors (Lipinski definition) is 6. The number of anilines is 1. The third-order valence-corrected chi connectivity index (χ3v) is 4.15. The van der Waals surface area contributed by atoms with Gasteiger partial charge in [-0.2, -0.15) is 0 Å². The number of carbonyl (C=O) groups is 1. The predicted octanol–water partition coefficient (Wildman–Crippen LogP) is 1.26. The number of rotatable bonds is 3. The molecule has 0 spiro atoms. The summed E-state index contributed by atoms with van der Waals surface area (Å²) in [4.78, 5) is 24.4. The zero-order valence-electron chi connectivity index (χ0n) is 12.9. The van der Waals surface area contributed by atoms with Crippen LogP contribution in [0, 0.1) is 0 Å². The van der Waals surface area contributed by atoms with Crippen molar-refractivity contribution in [2.24, 2.45) is 0 Å². The third kappa shape index (κ3) is 3.30. The van der Waals surface area contributed by atoms with Gasteiger partial charge in [0.25, 0.3) is 0 Å². The van der Waals surface area contributed by atoms with E-state index >= 15 is 0 Å². The van der Waals surface area contributed by atoms with Gasteiger partial charge in [-0.25, -0.2) is 14.8 Å². The molecule has 0 unspecified atom stereocenters. The van der Waals surface area contributed by atoms with Crippen LogP contribution in [0.2, 0.25) is 0 Å². The van der Waals surface area contributed by atoms with Gasteiger partial charge in [-0.05, 0) is 13.3 Å². The minimum Gasteiger partial charge on any atom is -0.450 e. The van der Waals surface area contributed by atoms with Crippen molar-refractivity contribution < 1.29 is 14.3 Å². The minimum absolute atomic E-state index is 0.228. The number of nitrogens with zero attached hydrogens (tertiary/aromatic N) is 4. The molecule has 0 radical (unpaired) electrons. The molecule has 2 fully saturated rings. The van der Waals surface area contributed by atoms with Gasteiger partial charge in [-0.3, -0.25) is 0 Å². The minimum atomic E-state index is -0.228. The molecule has 0 aliphatic carbocycles. The third-order valence-electron chi connectivity index (χ3n) is 4.15. The van der Waals surface area contributed by atoms with E-state index in [0.717, 1.165) is 44.2 Å². The van der Waals surface area contributed by atoms with Crippen molar-refractivity contribution in [3.8, 4) is 0 Å². The van der Waals surface area contributed by atoms with Gasteiger partial charge in [0.15, 0.2) is 0 Å². The first-order valence-electron chi connectivity index (χ1n) is 7.84. The molecule has 1 aromatic heterocycles. The van der Waals surface area contributed by atoms with E-state index in [1.54, 1.807) is 11.2 Å². The van der Waals surface area contributed by atoms with Crippen molar-refractivity contribution in [3.63, 3.8) is 0 Å². The summed E-state index contributed by atoms with van der Waals surface area (Å²) >= 11 is 0. The SMILES string of the molecule is CCOC(=O)N1CCN(c2cc([C@@H]3CCOC3)ncn2)CC1. The maximum absolute atomic E-state index is 11.7. The molecule has 120 valence electrons. The average molecular weight is 306 g/mol. The van der Waals surface area contributed by atoms with Crippen LogP contribution in [0.5, 0.6) is 0 Å². The number of aromatic nitrogens is 2. The molecule has 2 aliphatic heterocycles. The van der Waals surface area contributed by atoms with Crippen LogP contribution in [0.4, 0.5) is 10.6 Å². The van der Waals surface area contributed by atoms with E-state index in [-0.39, 0.29) is 6.09 Å². The van der Waals surface area contributed by atoms with Crippen LogP contribution in [0.25, 0.3) is 0 Å².